The Hall–Kier alpha value is -0.120. The summed E-state index contributed by atoms with van der Waals surface area (Å²) in [4.78, 5) is 0. The molecule has 0 spiro atoms. The highest BCUT2D eigenvalue weighted by Crippen LogP contribution is 2.02. The van der Waals surface area contributed by atoms with E-state index in [1.54, 1.807) is 0 Å². The van der Waals surface area contributed by atoms with Gasteiger partial charge in [0.15, 0.2) is 0 Å². The fourth-order valence-corrected chi connectivity index (χ4v) is 1.52. The van der Waals surface area contributed by atoms with Crippen molar-refractivity contribution in [2.24, 2.45) is 0 Å². The summed E-state index contributed by atoms with van der Waals surface area (Å²) in [7, 11) is 0. The Labute approximate surface area is 74.5 Å². The molecular weight excluding hydrogens is 152 g/mol. The van der Waals surface area contributed by atoms with E-state index in [1.165, 1.54) is 12.8 Å². The van der Waals surface area contributed by atoms with Gasteiger partial charge in [-0.25, -0.2) is 0 Å². The summed E-state index contributed by atoms with van der Waals surface area (Å²) in [5, 5.41) is 16.2. The van der Waals surface area contributed by atoms with Crippen molar-refractivity contribution in [2.75, 3.05) is 19.6 Å². The zero-order valence-electron chi connectivity index (χ0n) is 7.84. The van der Waals surface area contributed by atoms with Crippen LogP contribution in [0.1, 0.15) is 26.2 Å². The van der Waals surface area contributed by atoms with Crippen LogP contribution < -0.4 is 10.6 Å². The van der Waals surface area contributed by atoms with Crippen LogP contribution in [0.25, 0.3) is 0 Å². The van der Waals surface area contributed by atoms with E-state index in [0.29, 0.717) is 0 Å². The molecule has 1 saturated heterocycles. The molecule has 0 bridgehead atoms. The molecule has 0 aromatic rings. The number of piperidine rings is 1. The summed E-state index contributed by atoms with van der Waals surface area (Å²) in [5.74, 6) is 0. The fourth-order valence-electron chi connectivity index (χ4n) is 1.52. The second-order valence-corrected chi connectivity index (χ2v) is 3.47. The van der Waals surface area contributed by atoms with E-state index < -0.39 is 0 Å². The predicted octanol–water partition coefficient (Wildman–Crippen LogP) is 0.0989. The van der Waals surface area contributed by atoms with E-state index in [-0.39, 0.29) is 12.1 Å². The van der Waals surface area contributed by atoms with E-state index in [9.17, 15) is 5.11 Å². The van der Waals surface area contributed by atoms with Crippen molar-refractivity contribution in [3.05, 3.63) is 0 Å². The molecule has 2 unspecified atom stereocenters. The lowest BCUT2D eigenvalue weighted by atomic mass is 10.0. The van der Waals surface area contributed by atoms with Gasteiger partial charge in [-0.05, 0) is 25.9 Å². The zero-order valence-corrected chi connectivity index (χ0v) is 7.84. The average molecular weight is 172 g/mol. The van der Waals surface area contributed by atoms with Crippen molar-refractivity contribution in [1.29, 1.82) is 0 Å². The first-order chi connectivity index (χ1) is 5.84. The molecule has 2 atom stereocenters. The Morgan fingerprint density at radius 2 is 2.42 bits per heavy atom. The number of nitrogens with one attached hydrogen (secondary N) is 2. The maximum Gasteiger partial charge on any atom is 0.0717 e. The number of hydrogen-bond donors (Lipinski definition) is 3. The minimum Gasteiger partial charge on any atom is -0.391 e. The lowest BCUT2D eigenvalue weighted by Gasteiger charge is -2.29. The van der Waals surface area contributed by atoms with Crippen LogP contribution in [0.15, 0.2) is 0 Å². The molecule has 0 aromatic carbocycles. The Bertz CT molecular complexity index is 119. The van der Waals surface area contributed by atoms with Gasteiger partial charge >= 0.3 is 0 Å². The quantitative estimate of drug-likeness (QED) is 0.527. The van der Waals surface area contributed by atoms with Crippen LogP contribution in [0, 0.1) is 0 Å². The second kappa shape index (κ2) is 5.51. The normalized spacial score (nSPS) is 30.5. The van der Waals surface area contributed by atoms with Gasteiger partial charge in [-0.3, -0.25) is 0 Å². The zero-order chi connectivity index (χ0) is 8.81. The highest BCUT2D eigenvalue weighted by atomic mass is 16.3. The van der Waals surface area contributed by atoms with Gasteiger partial charge < -0.3 is 15.7 Å². The molecule has 0 radical (unpaired) electrons. The molecule has 12 heavy (non-hydrogen) atoms. The van der Waals surface area contributed by atoms with Gasteiger partial charge in [-0.15, -0.1) is 0 Å². The van der Waals surface area contributed by atoms with Gasteiger partial charge in [0.2, 0.25) is 0 Å². The Kier molecular flexibility index (Phi) is 4.58. The topological polar surface area (TPSA) is 44.3 Å². The van der Waals surface area contributed by atoms with E-state index >= 15 is 0 Å². The monoisotopic (exact) mass is 172 g/mol. The fraction of sp³-hybridized carbons (Fsp3) is 1.00. The molecule has 3 nitrogen and oxygen atoms in total. The molecule has 0 aromatic heterocycles. The minimum atomic E-state index is -0.150. The summed E-state index contributed by atoms with van der Waals surface area (Å²) in [6.45, 7) is 5.06. The SMILES string of the molecule is CCCCNC1CNCCC1O. The van der Waals surface area contributed by atoms with Crippen molar-refractivity contribution >= 4 is 0 Å². The van der Waals surface area contributed by atoms with Gasteiger partial charge in [-0.1, -0.05) is 13.3 Å². The first-order valence-electron chi connectivity index (χ1n) is 4.96. The summed E-state index contributed by atoms with van der Waals surface area (Å²) < 4.78 is 0. The van der Waals surface area contributed by atoms with Gasteiger partial charge in [0, 0.05) is 12.6 Å². The van der Waals surface area contributed by atoms with Crippen molar-refractivity contribution in [3.63, 3.8) is 0 Å². The second-order valence-electron chi connectivity index (χ2n) is 3.47. The molecule has 0 amide bonds. The molecule has 1 rings (SSSR count). The van der Waals surface area contributed by atoms with E-state index in [1.807, 2.05) is 0 Å². The molecule has 0 aliphatic carbocycles. The van der Waals surface area contributed by atoms with Crippen LogP contribution in [0.2, 0.25) is 0 Å². The summed E-state index contributed by atoms with van der Waals surface area (Å²) in [5.41, 5.74) is 0. The van der Waals surface area contributed by atoms with Gasteiger partial charge in [-0.2, -0.15) is 0 Å². The average Bonchev–Trinajstić information content (AvgIpc) is 2.09. The third-order valence-electron chi connectivity index (χ3n) is 2.38. The molecule has 1 fully saturated rings. The molecule has 3 N–H and O–H groups in total. The van der Waals surface area contributed by atoms with Crippen molar-refractivity contribution < 1.29 is 5.11 Å². The highest BCUT2D eigenvalue weighted by Gasteiger charge is 2.21. The number of rotatable bonds is 4. The first kappa shape index (κ1) is 9.96. The molecule has 3 heteroatoms. The van der Waals surface area contributed by atoms with Crippen LogP contribution in [0.3, 0.4) is 0 Å². The van der Waals surface area contributed by atoms with Crippen molar-refractivity contribution in [2.45, 2.75) is 38.3 Å². The lowest BCUT2D eigenvalue weighted by Crippen LogP contribution is -2.52. The van der Waals surface area contributed by atoms with Crippen molar-refractivity contribution in [1.82, 2.24) is 10.6 Å². The smallest absolute Gasteiger partial charge is 0.0717 e. The highest BCUT2D eigenvalue weighted by molar-refractivity contribution is 4.82. The third kappa shape index (κ3) is 3.09. The van der Waals surface area contributed by atoms with Crippen LogP contribution in [0.4, 0.5) is 0 Å². The lowest BCUT2D eigenvalue weighted by molar-refractivity contribution is 0.0992. The van der Waals surface area contributed by atoms with Gasteiger partial charge in [0.1, 0.15) is 0 Å². The summed E-state index contributed by atoms with van der Waals surface area (Å²) >= 11 is 0. The predicted molar refractivity (Wildman–Crippen MR) is 50.2 cm³/mol. The molecule has 0 saturated carbocycles. The number of hydrogen-bond acceptors (Lipinski definition) is 3. The minimum absolute atomic E-state index is 0.150. The Morgan fingerprint density at radius 3 is 3.08 bits per heavy atom. The van der Waals surface area contributed by atoms with Gasteiger partial charge in [0.05, 0.1) is 6.10 Å². The summed E-state index contributed by atoms with van der Waals surface area (Å²) in [6.07, 6.45) is 3.14. The van der Waals surface area contributed by atoms with Crippen LogP contribution in [0.5, 0.6) is 0 Å². The van der Waals surface area contributed by atoms with Crippen LogP contribution in [-0.2, 0) is 0 Å². The first-order valence-corrected chi connectivity index (χ1v) is 4.96. The molecule has 1 heterocycles. The third-order valence-corrected chi connectivity index (χ3v) is 2.38. The molecule has 1 aliphatic heterocycles. The maximum absolute atomic E-state index is 9.57. The van der Waals surface area contributed by atoms with Gasteiger partial charge in [0.25, 0.3) is 0 Å². The van der Waals surface area contributed by atoms with E-state index in [4.69, 9.17) is 0 Å². The molecular formula is C9H20N2O. The maximum atomic E-state index is 9.57. The van der Waals surface area contributed by atoms with E-state index in [0.717, 1.165) is 26.1 Å². The summed E-state index contributed by atoms with van der Waals surface area (Å²) in [6, 6.07) is 0.269. The Morgan fingerprint density at radius 1 is 1.58 bits per heavy atom. The number of aliphatic hydroxyl groups excluding tert-OH is 1. The molecule has 72 valence electrons. The van der Waals surface area contributed by atoms with Crippen LogP contribution >= 0.6 is 0 Å². The number of unbranched alkanes of at least 4 members (excludes halogenated alkanes) is 1. The number of aliphatic hydroxyl groups is 1. The van der Waals surface area contributed by atoms with Crippen molar-refractivity contribution in [3.8, 4) is 0 Å². The Balaban J connectivity index is 2.11. The van der Waals surface area contributed by atoms with Crippen LogP contribution in [-0.4, -0.2) is 36.9 Å². The standard InChI is InChI=1S/C9H20N2O/c1-2-3-5-11-8-7-10-6-4-9(8)12/h8-12H,2-7H2,1H3. The molecule has 1 aliphatic rings. The largest absolute Gasteiger partial charge is 0.391 e. The van der Waals surface area contributed by atoms with E-state index in [2.05, 4.69) is 17.6 Å².